The molecule has 0 radical (unpaired) electrons. The van der Waals surface area contributed by atoms with Crippen molar-refractivity contribution in [2.75, 3.05) is 0 Å². The summed E-state index contributed by atoms with van der Waals surface area (Å²) >= 11 is 0. The topological polar surface area (TPSA) is 83.8 Å². The van der Waals surface area contributed by atoms with Gasteiger partial charge in [-0.1, -0.05) is 0 Å². The Morgan fingerprint density at radius 3 is 2.00 bits per heavy atom. The Morgan fingerprint density at radius 2 is 1.62 bits per heavy atom. The molecule has 0 heterocycles. The second-order valence-electron chi connectivity index (χ2n) is 3.60. The highest BCUT2D eigenvalue weighted by atomic mass is 31.2. The highest BCUT2D eigenvalue weighted by molar-refractivity contribution is 7.46. The van der Waals surface area contributed by atoms with E-state index in [0.29, 0.717) is 0 Å². The molecule has 0 fully saturated rings. The molecule has 88 valence electrons. The zero-order valence-corrected chi connectivity index (χ0v) is 10.1. The second kappa shape index (κ2) is 4.37. The number of phosphoric ester groups is 1. The number of rotatable bonds is 2. The van der Waals surface area contributed by atoms with Crippen LogP contribution in [0.4, 0.5) is 0 Å². The summed E-state index contributed by atoms with van der Waals surface area (Å²) in [5.74, 6) is -1.01. The highest BCUT2D eigenvalue weighted by Crippen LogP contribution is 2.37. The number of carbonyl (C=O) groups excluding carboxylic acids is 1. The molecule has 0 aliphatic rings. The first kappa shape index (κ1) is 12.9. The number of hydrogen-bond acceptors (Lipinski definition) is 3. The van der Waals surface area contributed by atoms with Crippen molar-refractivity contribution in [1.29, 1.82) is 0 Å². The lowest BCUT2D eigenvalue weighted by Gasteiger charge is -2.09. The van der Waals surface area contributed by atoms with Crippen LogP contribution in [-0.2, 0) is 9.09 Å². The fraction of sp³-hybridized carbons (Fsp3) is 0.300. The summed E-state index contributed by atoms with van der Waals surface area (Å²) in [5, 5.41) is 0. The molecule has 0 aromatic heterocycles. The largest absolute Gasteiger partial charge is 0.527 e. The molecule has 5 nitrogen and oxygen atoms in total. The van der Waals surface area contributed by atoms with E-state index in [-0.39, 0.29) is 5.56 Å². The van der Waals surface area contributed by atoms with Crippen molar-refractivity contribution >= 4 is 13.8 Å². The van der Waals surface area contributed by atoms with E-state index in [1.165, 1.54) is 0 Å². The summed E-state index contributed by atoms with van der Waals surface area (Å²) in [5.41, 5.74) is 2.92. The lowest BCUT2D eigenvalue weighted by atomic mass is 10.0. The van der Waals surface area contributed by atoms with Crippen LogP contribution < -0.4 is 0 Å². The molecule has 0 aliphatic heterocycles. The molecule has 0 saturated heterocycles. The zero-order valence-electron chi connectivity index (χ0n) is 9.22. The number of carbonyl (C=O) groups is 1. The summed E-state index contributed by atoms with van der Waals surface area (Å²) in [6.45, 7) is 5.54. The molecule has 0 aliphatic carbocycles. The molecule has 0 atom stereocenters. The Kier molecular flexibility index (Phi) is 3.53. The second-order valence-corrected chi connectivity index (χ2v) is 4.77. The van der Waals surface area contributed by atoms with Crippen LogP contribution in [-0.4, -0.2) is 15.8 Å². The van der Waals surface area contributed by atoms with Gasteiger partial charge < -0.3 is 4.52 Å². The minimum absolute atomic E-state index is 0.143. The van der Waals surface area contributed by atoms with Crippen LogP contribution >= 0.6 is 7.82 Å². The van der Waals surface area contributed by atoms with Crippen molar-refractivity contribution in [1.82, 2.24) is 0 Å². The van der Waals surface area contributed by atoms with Crippen LogP contribution in [0.1, 0.15) is 27.0 Å². The maximum absolute atomic E-state index is 11.4. The van der Waals surface area contributed by atoms with Crippen LogP contribution in [0, 0.1) is 20.8 Å². The summed E-state index contributed by atoms with van der Waals surface area (Å²) in [4.78, 5) is 28.4. The van der Waals surface area contributed by atoms with E-state index in [2.05, 4.69) is 4.52 Å². The Morgan fingerprint density at radius 1 is 1.19 bits per heavy atom. The predicted molar refractivity (Wildman–Crippen MR) is 58.1 cm³/mol. The molecule has 1 rings (SSSR count). The maximum Gasteiger partial charge on any atom is 0.527 e. The normalized spacial score (nSPS) is 11.3. The van der Waals surface area contributed by atoms with E-state index in [1.54, 1.807) is 12.1 Å². The van der Waals surface area contributed by atoms with Gasteiger partial charge in [0.1, 0.15) is 0 Å². The first-order valence-electron chi connectivity index (χ1n) is 4.58. The monoisotopic (exact) mass is 244 g/mol. The molecule has 1 aromatic rings. The van der Waals surface area contributed by atoms with E-state index >= 15 is 0 Å². The van der Waals surface area contributed by atoms with Gasteiger partial charge in [-0.05, 0) is 49.6 Å². The Bertz CT molecular complexity index is 451. The molecular formula is C10H13O5P. The third kappa shape index (κ3) is 3.17. The van der Waals surface area contributed by atoms with E-state index in [1.807, 2.05) is 20.8 Å². The van der Waals surface area contributed by atoms with Gasteiger partial charge in [0.05, 0.1) is 5.56 Å². The van der Waals surface area contributed by atoms with Crippen LogP contribution in [0.5, 0.6) is 0 Å². The summed E-state index contributed by atoms with van der Waals surface area (Å²) in [7, 11) is -4.78. The highest BCUT2D eigenvalue weighted by Gasteiger charge is 2.22. The average Bonchev–Trinajstić information content (AvgIpc) is 2.10. The lowest BCUT2D eigenvalue weighted by molar-refractivity contribution is 0.0677. The summed E-state index contributed by atoms with van der Waals surface area (Å²) < 4.78 is 14.5. The van der Waals surface area contributed by atoms with Crippen LogP contribution in [0.15, 0.2) is 12.1 Å². The van der Waals surface area contributed by atoms with Crippen LogP contribution in [0.25, 0.3) is 0 Å². The SMILES string of the molecule is Cc1cc(C(=O)OP(=O)(O)O)cc(C)c1C. The van der Waals surface area contributed by atoms with Gasteiger partial charge in [0.25, 0.3) is 0 Å². The van der Waals surface area contributed by atoms with Crippen LogP contribution in [0.3, 0.4) is 0 Å². The molecular weight excluding hydrogens is 231 g/mol. The molecule has 0 amide bonds. The van der Waals surface area contributed by atoms with Crippen molar-refractivity contribution in [2.24, 2.45) is 0 Å². The smallest absolute Gasteiger partial charge is 0.367 e. The van der Waals surface area contributed by atoms with Crippen molar-refractivity contribution in [3.63, 3.8) is 0 Å². The van der Waals surface area contributed by atoms with Crippen molar-refractivity contribution < 1.29 is 23.7 Å². The van der Waals surface area contributed by atoms with E-state index in [0.717, 1.165) is 16.7 Å². The zero-order chi connectivity index (χ0) is 12.5. The first-order valence-corrected chi connectivity index (χ1v) is 6.11. The van der Waals surface area contributed by atoms with Gasteiger partial charge >= 0.3 is 13.8 Å². The van der Waals surface area contributed by atoms with Gasteiger partial charge in [0, 0.05) is 0 Å². The quantitative estimate of drug-likeness (QED) is 0.776. The number of phosphoric acid groups is 1. The first-order chi connectivity index (χ1) is 7.20. The maximum atomic E-state index is 11.4. The third-order valence-corrected chi connectivity index (χ3v) is 2.77. The minimum Gasteiger partial charge on any atom is -0.367 e. The molecule has 16 heavy (non-hydrogen) atoms. The van der Waals surface area contributed by atoms with Gasteiger partial charge in [-0.3, -0.25) is 9.79 Å². The molecule has 0 unspecified atom stereocenters. The number of benzene rings is 1. The predicted octanol–water partition coefficient (Wildman–Crippen LogP) is 1.86. The van der Waals surface area contributed by atoms with Gasteiger partial charge in [-0.15, -0.1) is 0 Å². The van der Waals surface area contributed by atoms with E-state index in [9.17, 15) is 9.36 Å². The Labute approximate surface area is 93.3 Å². The molecule has 2 N–H and O–H groups in total. The lowest BCUT2D eigenvalue weighted by Crippen LogP contribution is -2.04. The van der Waals surface area contributed by atoms with Gasteiger partial charge in [0.2, 0.25) is 0 Å². The molecule has 0 spiro atoms. The fourth-order valence-electron chi connectivity index (χ4n) is 1.31. The van der Waals surface area contributed by atoms with Gasteiger partial charge in [-0.2, -0.15) is 0 Å². The fourth-order valence-corrected chi connectivity index (χ4v) is 1.64. The minimum atomic E-state index is -4.78. The van der Waals surface area contributed by atoms with Crippen molar-refractivity contribution in [3.05, 3.63) is 34.4 Å². The Hall–Kier alpha value is -1.16. The van der Waals surface area contributed by atoms with E-state index < -0.39 is 13.8 Å². The molecule has 0 saturated carbocycles. The van der Waals surface area contributed by atoms with Crippen molar-refractivity contribution in [3.8, 4) is 0 Å². The summed E-state index contributed by atoms with van der Waals surface area (Å²) in [6.07, 6.45) is 0. The molecule has 6 heteroatoms. The van der Waals surface area contributed by atoms with Crippen LogP contribution in [0.2, 0.25) is 0 Å². The summed E-state index contributed by atoms with van der Waals surface area (Å²) in [6, 6.07) is 3.08. The number of aryl methyl sites for hydroxylation is 2. The average molecular weight is 244 g/mol. The standard InChI is InChI=1S/C10H13O5P/c1-6-4-9(5-7(2)8(6)3)10(11)15-16(12,13)14/h4-5H,1-3H3,(H2,12,13,14). The molecule has 0 bridgehead atoms. The molecule has 1 aromatic carbocycles. The van der Waals surface area contributed by atoms with Gasteiger partial charge in [-0.25, -0.2) is 9.36 Å². The van der Waals surface area contributed by atoms with E-state index in [4.69, 9.17) is 9.79 Å². The van der Waals surface area contributed by atoms with Gasteiger partial charge in [0.15, 0.2) is 0 Å². The third-order valence-electron chi connectivity index (χ3n) is 2.36. The Balaban J connectivity index is 3.07. The van der Waals surface area contributed by atoms with Crippen molar-refractivity contribution in [2.45, 2.75) is 20.8 Å². The number of hydrogen-bond donors (Lipinski definition) is 2.